The summed E-state index contributed by atoms with van der Waals surface area (Å²) in [6.45, 7) is 8.02. The quantitative estimate of drug-likeness (QED) is 0.201. The van der Waals surface area contributed by atoms with Gasteiger partial charge in [-0.25, -0.2) is 0 Å². The van der Waals surface area contributed by atoms with E-state index in [2.05, 4.69) is 37.0 Å². The van der Waals surface area contributed by atoms with Crippen LogP contribution in [0, 0.1) is 35.5 Å². The van der Waals surface area contributed by atoms with Crippen molar-refractivity contribution in [1.82, 2.24) is 0 Å². The Bertz CT molecular complexity index is 587. The highest BCUT2D eigenvalue weighted by molar-refractivity contribution is 5.69. The van der Waals surface area contributed by atoms with Crippen LogP contribution in [0.1, 0.15) is 85.5 Å². The second-order valence-electron chi connectivity index (χ2n) is 8.77. The Hall–Kier alpha value is -1.49. The topological polar surface area (TPSA) is 26.3 Å². The highest BCUT2D eigenvalue weighted by atomic mass is 16.5. The molecule has 4 atom stereocenters. The first-order valence-corrected chi connectivity index (χ1v) is 10.9. The third-order valence-corrected chi connectivity index (χ3v) is 5.98. The molecule has 2 aliphatic carbocycles. The third-order valence-electron chi connectivity index (χ3n) is 5.98. The van der Waals surface area contributed by atoms with Crippen molar-refractivity contribution in [3.8, 4) is 11.8 Å². The van der Waals surface area contributed by atoms with Gasteiger partial charge in [0.25, 0.3) is 0 Å². The maximum Gasteiger partial charge on any atom is 0.306 e. The fourth-order valence-electron chi connectivity index (χ4n) is 4.60. The summed E-state index contributed by atoms with van der Waals surface area (Å²) in [7, 11) is 0. The van der Waals surface area contributed by atoms with Crippen molar-refractivity contribution in [3.63, 3.8) is 0 Å². The largest absolute Gasteiger partial charge is 0.463 e. The highest BCUT2D eigenvalue weighted by Gasteiger charge is 2.39. The molecule has 0 saturated heterocycles. The average Bonchev–Trinajstić information content (AvgIpc) is 3.17. The number of hydrogen-bond acceptors (Lipinski definition) is 2. The molecule has 0 aromatic rings. The lowest BCUT2D eigenvalue weighted by Gasteiger charge is -2.14. The van der Waals surface area contributed by atoms with Crippen LogP contribution < -0.4 is 0 Å². The molecule has 0 aromatic carbocycles. The van der Waals surface area contributed by atoms with Crippen LogP contribution in [0.4, 0.5) is 0 Å². The highest BCUT2D eigenvalue weighted by Crippen LogP contribution is 2.50. The smallest absolute Gasteiger partial charge is 0.306 e. The molecule has 0 aliphatic heterocycles. The molecular formula is C25H38O2. The van der Waals surface area contributed by atoms with Gasteiger partial charge in [-0.05, 0) is 89.4 Å². The Balaban J connectivity index is 1.72. The van der Waals surface area contributed by atoms with E-state index in [9.17, 15) is 4.79 Å². The van der Waals surface area contributed by atoms with Gasteiger partial charge in [0.05, 0.1) is 6.10 Å². The molecule has 150 valence electrons. The predicted octanol–water partition coefficient (Wildman–Crippen LogP) is 6.47. The number of allylic oxidation sites excluding steroid dienone is 4. The second-order valence-corrected chi connectivity index (χ2v) is 8.77. The molecule has 0 heterocycles. The van der Waals surface area contributed by atoms with Gasteiger partial charge in [-0.1, -0.05) is 30.7 Å². The molecule has 0 spiro atoms. The second kappa shape index (κ2) is 11.4. The Morgan fingerprint density at radius 3 is 2.81 bits per heavy atom. The van der Waals surface area contributed by atoms with Crippen LogP contribution in [-0.2, 0) is 9.53 Å². The number of hydrogen-bond donors (Lipinski definition) is 0. The molecule has 0 amide bonds. The van der Waals surface area contributed by atoms with E-state index in [1.54, 1.807) is 5.57 Å². The van der Waals surface area contributed by atoms with Crippen molar-refractivity contribution in [3.05, 3.63) is 23.8 Å². The van der Waals surface area contributed by atoms with Crippen LogP contribution in [0.25, 0.3) is 0 Å². The Kier molecular flexibility index (Phi) is 9.19. The summed E-state index contributed by atoms with van der Waals surface area (Å²) in [6, 6.07) is 0. The van der Waals surface area contributed by atoms with Gasteiger partial charge in [0.2, 0.25) is 0 Å². The number of fused-ring (bicyclic) bond motifs is 1. The lowest BCUT2D eigenvalue weighted by molar-refractivity contribution is -0.147. The molecule has 2 heteroatoms. The molecular weight excluding hydrogens is 332 g/mol. The fourth-order valence-corrected chi connectivity index (χ4v) is 4.60. The molecule has 0 N–H and O–H groups in total. The lowest BCUT2D eigenvalue weighted by Crippen LogP contribution is -2.10. The number of carbonyl (C=O) groups is 1. The molecule has 2 rings (SSSR count). The van der Waals surface area contributed by atoms with E-state index in [-0.39, 0.29) is 12.1 Å². The van der Waals surface area contributed by atoms with E-state index in [0.29, 0.717) is 12.3 Å². The van der Waals surface area contributed by atoms with Crippen LogP contribution in [0.2, 0.25) is 0 Å². The minimum atomic E-state index is -0.0592. The first kappa shape index (κ1) is 21.8. The summed E-state index contributed by atoms with van der Waals surface area (Å²) in [5.41, 5.74) is 1.63. The van der Waals surface area contributed by atoms with Gasteiger partial charge in [0.15, 0.2) is 0 Å². The Morgan fingerprint density at radius 1 is 1.26 bits per heavy atom. The first-order chi connectivity index (χ1) is 13.0. The Morgan fingerprint density at radius 2 is 2.07 bits per heavy atom. The van der Waals surface area contributed by atoms with Gasteiger partial charge in [-0.3, -0.25) is 4.79 Å². The van der Waals surface area contributed by atoms with E-state index in [0.717, 1.165) is 43.4 Å². The molecule has 4 unspecified atom stereocenters. The van der Waals surface area contributed by atoms with Crippen LogP contribution in [0.5, 0.6) is 0 Å². The molecule has 2 fully saturated rings. The normalized spacial score (nSPS) is 27.0. The average molecular weight is 371 g/mol. The predicted molar refractivity (Wildman–Crippen MR) is 113 cm³/mol. The van der Waals surface area contributed by atoms with Crippen LogP contribution >= 0.6 is 0 Å². The minimum Gasteiger partial charge on any atom is -0.463 e. The standard InChI is InChI=1S/C25H38O2/c1-5-6-10-20(4)11-9-13-22-15-16-23-17-21(18-24(22)23)12-7-8-14-25(26)27-19(2)3/h9,12-13,19-20,22-24H,7-8,10-11,14-18H2,1-4H3/b13-9+,21-12+. The van der Waals surface area contributed by atoms with Gasteiger partial charge in [-0.2, -0.15) is 0 Å². The zero-order valence-electron chi connectivity index (χ0n) is 17.8. The van der Waals surface area contributed by atoms with Crippen LogP contribution in [0.3, 0.4) is 0 Å². The van der Waals surface area contributed by atoms with Crippen molar-refractivity contribution in [2.75, 3.05) is 0 Å². The van der Waals surface area contributed by atoms with E-state index in [4.69, 9.17) is 4.74 Å². The van der Waals surface area contributed by atoms with Gasteiger partial charge in [0, 0.05) is 12.8 Å². The molecule has 0 aromatic heterocycles. The first-order valence-electron chi connectivity index (χ1n) is 10.9. The third kappa shape index (κ3) is 7.57. The fraction of sp³-hybridized carbons (Fsp3) is 0.720. The summed E-state index contributed by atoms with van der Waals surface area (Å²) in [5.74, 6) is 9.29. The zero-order chi connectivity index (χ0) is 19.6. The van der Waals surface area contributed by atoms with Crippen LogP contribution in [-0.4, -0.2) is 12.1 Å². The maximum absolute atomic E-state index is 11.6. The monoisotopic (exact) mass is 370 g/mol. The van der Waals surface area contributed by atoms with Gasteiger partial charge in [-0.15, -0.1) is 11.8 Å². The zero-order valence-corrected chi connectivity index (χ0v) is 17.8. The van der Waals surface area contributed by atoms with Gasteiger partial charge >= 0.3 is 5.97 Å². The van der Waals surface area contributed by atoms with E-state index < -0.39 is 0 Å². The summed E-state index contributed by atoms with van der Waals surface area (Å²) in [5, 5.41) is 0. The van der Waals surface area contributed by atoms with Gasteiger partial charge in [0.1, 0.15) is 0 Å². The van der Waals surface area contributed by atoms with Crippen molar-refractivity contribution >= 4 is 5.97 Å². The Labute approximate surface area is 166 Å². The molecule has 0 radical (unpaired) electrons. The molecule has 2 saturated carbocycles. The SMILES string of the molecule is CC#CCC(C)C/C=C/C1CCC2C/C(=C\CCCC(=O)OC(C)C)CC12. The maximum atomic E-state index is 11.6. The lowest BCUT2D eigenvalue weighted by atomic mass is 9.91. The number of unbranched alkanes of at least 4 members (excludes halogenated alkanes) is 1. The van der Waals surface area contributed by atoms with Crippen LogP contribution in [0.15, 0.2) is 23.8 Å². The minimum absolute atomic E-state index is 0.00221. The van der Waals surface area contributed by atoms with Crippen molar-refractivity contribution in [1.29, 1.82) is 0 Å². The van der Waals surface area contributed by atoms with Crippen molar-refractivity contribution in [2.45, 2.75) is 91.6 Å². The molecule has 2 aliphatic rings. The van der Waals surface area contributed by atoms with Crippen molar-refractivity contribution < 1.29 is 9.53 Å². The molecule has 0 bridgehead atoms. The molecule has 2 nitrogen and oxygen atoms in total. The van der Waals surface area contributed by atoms with Gasteiger partial charge < -0.3 is 4.74 Å². The van der Waals surface area contributed by atoms with E-state index in [1.807, 2.05) is 20.8 Å². The van der Waals surface area contributed by atoms with E-state index >= 15 is 0 Å². The number of esters is 1. The number of ether oxygens (including phenoxy) is 1. The number of carbonyl (C=O) groups excluding carboxylic acids is 1. The molecule has 27 heavy (non-hydrogen) atoms. The number of rotatable bonds is 9. The summed E-state index contributed by atoms with van der Waals surface area (Å²) in [4.78, 5) is 11.6. The summed E-state index contributed by atoms with van der Waals surface area (Å²) in [6.07, 6.45) is 17.3. The van der Waals surface area contributed by atoms with Crippen molar-refractivity contribution in [2.24, 2.45) is 23.7 Å². The summed E-state index contributed by atoms with van der Waals surface area (Å²) >= 11 is 0. The summed E-state index contributed by atoms with van der Waals surface area (Å²) < 4.78 is 5.20. The van der Waals surface area contributed by atoms with E-state index in [1.165, 1.54) is 25.7 Å².